The molecule has 0 aromatic heterocycles. The molecule has 1 aliphatic carbocycles. The van der Waals surface area contributed by atoms with Crippen LogP contribution in [0.1, 0.15) is 192 Å². The van der Waals surface area contributed by atoms with Crippen molar-refractivity contribution in [2.45, 2.75) is 196 Å². The van der Waals surface area contributed by atoms with Crippen LogP contribution in [0.15, 0.2) is 115 Å². The van der Waals surface area contributed by atoms with Crippen LogP contribution in [0.3, 0.4) is 0 Å². The van der Waals surface area contributed by atoms with E-state index in [9.17, 15) is 0 Å². The third-order valence-electron chi connectivity index (χ3n) is 19.1. The first-order valence-corrected chi connectivity index (χ1v) is 27.3. The summed E-state index contributed by atoms with van der Waals surface area (Å²) in [6.07, 6.45) is 2.32. The average Bonchev–Trinajstić information content (AvgIpc) is 3.50. The predicted molar refractivity (Wildman–Crippen MR) is 315 cm³/mol. The molecule has 10 rings (SSSR count). The molecule has 72 heavy (non-hydrogen) atoms. The lowest BCUT2D eigenvalue weighted by molar-refractivity contribution is -0.0415. The van der Waals surface area contributed by atoms with Gasteiger partial charge in [0.05, 0.1) is 5.54 Å². The lowest BCUT2D eigenvalue weighted by Crippen LogP contribution is -2.69. The normalized spacial score (nSPS) is 21.2. The molecule has 3 nitrogen and oxygen atoms in total. The smallest absolute Gasteiger partial charge is 0.252 e. The zero-order valence-corrected chi connectivity index (χ0v) is 48.3. The second-order valence-electron chi connectivity index (χ2n) is 29.4. The van der Waals surface area contributed by atoms with Gasteiger partial charge in [0.1, 0.15) is 0 Å². The fourth-order valence-electron chi connectivity index (χ4n) is 13.7. The maximum absolute atomic E-state index is 2.87. The summed E-state index contributed by atoms with van der Waals surface area (Å²) in [7, 11) is 0. The molecule has 0 amide bonds. The minimum Gasteiger partial charge on any atom is -0.334 e. The number of rotatable bonds is 3. The van der Waals surface area contributed by atoms with Crippen LogP contribution in [0.5, 0.6) is 0 Å². The summed E-state index contributed by atoms with van der Waals surface area (Å²) in [6.45, 7) is 51.0. The van der Waals surface area contributed by atoms with Crippen molar-refractivity contribution in [2.75, 3.05) is 14.7 Å². The van der Waals surface area contributed by atoms with Crippen LogP contribution in [0.2, 0.25) is 0 Å². The largest absolute Gasteiger partial charge is 0.334 e. The zero-order valence-electron chi connectivity index (χ0n) is 48.3. The Morgan fingerprint density at radius 2 is 0.764 bits per heavy atom. The Labute approximate surface area is 436 Å². The van der Waals surface area contributed by atoms with Gasteiger partial charge in [0.15, 0.2) is 0 Å². The molecule has 0 bridgehead atoms. The zero-order chi connectivity index (χ0) is 52.5. The van der Waals surface area contributed by atoms with Crippen LogP contribution in [0.4, 0.5) is 45.5 Å². The third kappa shape index (κ3) is 7.32. The highest BCUT2D eigenvalue weighted by atomic mass is 15.3. The summed E-state index contributed by atoms with van der Waals surface area (Å²) in [4.78, 5) is 8.22. The van der Waals surface area contributed by atoms with E-state index in [1.165, 1.54) is 102 Å². The van der Waals surface area contributed by atoms with Crippen LogP contribution >= 0.6 is 0 Å². The lowest BCUT2D eigenvalue weighted by Gasteiger charge is -2.65. The first-order valence-electron chi connectivity index (χ1n) is 27.3. The first kappa shape index (κ1) is 50.3. The van der Waals surface area contributed by atoms with Gasteiger partial charge >= 0.3 is 0 Å². The molecule has 6 aromatic rings. The van der Waals surface area contributed by atoms with Crippen LogP contribution in [0.25, 0.3) is 0 Å². The van der Waals surface area contributed by atoms with E-state index in [0.717, 1.165) is 6.42 Å². The van der Waals surface area contributed by atoms with Gasteiger partial charge in [0, 0.05) is 50.9 Å². The second kappa shape index (κ2) is 15.7. The fraction of sp³-hybridized carbons (Fsp3) is 0.471. The van der Waals surface area contributed by atoms with Crippen LogP contribution in [-0.2, 0) is 32.5 Å². The Morgan fingerprint density at radius 1 is 0.375 bits per heavy atom. The van der Waals surface area contributed by atoms with Crippen LogP contribution < -0.4 is 31.1 Å². The maximum Gasteiger partial charge on any atom is 0.252 e. The van der Waals surface area contributed by atoms with Crippen molar-refractivity contribution in [2.24, 2.45) is 10.8 Å². The van der Waals surface area contributed by atoms with Gasteiger partial charge in [0.25, 0.3) is 6.71 Å². The molecular weight excluding hydrogens is 870 g/mol. The molecule has 1 fully saturated rings. The van der Waals surface area contributed by atoms with Crippen molar-refractivity contribution in [1.82, 2.24) is 0 Å². The van der Waals surface area contributed by atoms with Gasteiger partial charge in [-0.15, -0.1) is 0 Å². The van der Waals surface area contributed by atoms with Gasteiger partial charge in [-0.05, 0) is 162 Å². The molecule has 4 heteroatoms. The van der Waals surface area contributed by atoms with Crippen LogP contribution in [0, 0.1) is 10.8 Å². The molecular formula is C68H86BN3. The summed E-state index contributed by atoms with van der Waals surface area (Å²) in [5.74, 6) is 0. The molecule has 0 spiro atoms. The average molecular weight is 956 g/mol. The molecule has 1 saturated carbocycles. The van der Waals surface area contributed by atoms with Gasteiger partial charge in [-0.2, -0.15) is 0 Å². The Morgan fingerprint density at radius 3 is 1.19 bits per heavy atom. The topological polar surface area (TPSA) is 9.72 Å². The van der Waals surface area contributed by atoms with Crippen molar-refractivity contribution in [3.05, 3.63) is 149 Å². The first-order chi connectivity index (χ1) is 33.1. The second-order valence-corrected chi connectivity index (χ2v) is 29.4. The van der Waals surface area contributed by atoms with E-state index >= 15 is 0 Å². The molecule has 0 radical (unpaired) electrons. The van der Waals surface area contributed by atoms with Crippen molar-refractivity contribution in [1.29, 1.82) is 0 Å². The quantitative estimate of drug-likeness (QED) is 0.163. The molecule has 0 saturated heterocycles. The molecule has 3 heterocycles. The monoisotopic (exact) mass is 956 g/mol. The summed E-state index contributed by atoms with van der Waals surface area (Å²) < 4.78 is 0. The summed E-state index contributed by atoms with van der Waals surface area (Å²) in [6, 6.07) is 46.7. The van der Waals surface area contributed by atoms with Crippen molar-refractivity contribution in [3.63, 3.8) is 0 Å². The van der Waals surface area contributed by atoms with Gasteiger partial charge < -0.3 is 14.7 Å². The van der Waals surface area contributed by atoms with E-state index in [0.29, 0.717) is 0 Å². The molecule has 2 unspecified atom stereocenters. The van der Waals surface area contributed by atoms with Gasteiger partial charge in [0.2, 0.25) is 0 Å². The van der Waals surface area contributed by atoms with Gasteiger partial charge in [-0.3, -0.25) is 0 Å². The number of benzene rings is 6. The maximum atomic E-state index is 2.87. The Bertz CT molecular complexity index is 3020. The Kier molecular flexibility index (Phi) is 10.9. The minimum atomic E-state index is -0.299. The third-order valence-corrected chi connectivity index (χ3v) is 19.1. The molecule has 4 aliphatic rings. The molecule has 6 aromatic carbocycles. The molecule has 2 atom stereocenters. The van der Waals surface area contributed by atoms with E-state index in [1.807, 2.05) is 0 Å². The summed E-state index contributed by atoms with van der Waals surface area (Å²) in [5, 5.41) is 0. The molecule has 3 aliphatic heterocycles. The molecule has 376 valence electrons. The molecule has 0 N–H and O–H groups in total. The van der Waals surface area contributed by atoms with Gasteiger partial charge in [-0.1, -0.05) is 199 Å². The summed E-state index contributed by atoms with van der Waals surface area (Å²) in [5.41, 5.74) is 21.7. The highest BCUT2D eigenvalue weighted by molar-refractivity contribution is 7.00. The SMILES string of the molecule is CC(C)(C)c1cccc(N2c3cc(C(C)(C)C)ccc3B3c4ccc(C(C)(C)C)cc4N(c4cccc(C(C)(C)C)c4)c4cc(N5c6ccc(C(C)(C)C)cc6C6(C)C(C)(C)CCC(C)(C)C56C)cc2c43)c1. The Hall–Kier alpha value is -5.22. The van der Waals surface area contributed by atoms with Crippen molar-refractivity contribution >= 4 is 68.6 Å². The Balaban J connectivity index is 1.40. The number of fused-ring (bicyclic) bond motifs is 7. The van der Waals surface area contributed by atoms with E-state index in [1.54, 1.807) is 0 Å². The standard InChI is InChI=1S/C68H86BN3/c1-60(2,3)43-24-22-26-48(36-43)70-55-39-46(63(10,11)12)28-31-52(55)69-53-32-29-47(64(13,14)15)40-56(53)71(49-27-23-25-44(37-49)61(4,5)6)58-42-50(41-57(70)59(58)69)72-54-33-30-45(62(7,8)9)38-51(54)67(20)65(16,17)34-35-66(18,19)68(67,72)21/h22-33,36-42H,34-35H2,1-21H3. The predicted octanol–water partition coefficient (Wildman–Crippen LogP) is 17.3. The lowest BCUT2D eigenvalue weighted by atomic mass is 9.33. The van der Waals surface area contributed by atoms with E-state index in [2.05, 4.69) is 275 Å². The minimum absolute atomic E-state index is 0.00676. The number of hydrogen-bond donors (Lipinski definition) is 0. The summed E-state index contributed by atoms with van der Waals surface area (Å²) >= 11 is 0. The van der Waals surface area contributed by atoms with Gasteiger partial charge in [-0.25, -0.2) is 0 Å². The fourth-order valence-corrected chi connectivity index (χ4v) is 13.7. The highest BCUT2D eigenvalue weighted by Crippen LogP contribution is 2.72. The number of nitrogens with zero attached hydrogens (tertiary/aromatic N) is 3. The van der Waals surface area contributed by atoms with E-state index < -0.39 is 0 Å². The van der Waals surface area contributed by atoms with E-state index in [-0.39, 0.29) is 55.6 Å². The highest BCUT2D eigenvalue weighted by Gasteiger charge is 2.70. The van der Waals surface area contributed by atoms with Crippen LogP contribution in [-0.4, -0.2) is 12.3 Å². The number of anilines is 8. The van der Waals surface area contributed by atoms with Crippen molar-refractivity contribution in [3.8, 4) is 0 Å². The van der Waals surface area contributed by atoms with E-state index in [4.69, 9.17) is 0 Å². The van der Waals surface area contributed by atoms with Crippen molar-refractivity contribution < 1.29 is 0 Å². The number of hydrogen-bond acceptors (Lipinski definition) is 3.